The number of nitrogens with zero attached hydrogens (tertiary/aromatic N) is 5. The molecule has 0 unspecified atom stereocenters. The third kappa shape index (κ3) is 7.48. The van der Waals surface area contributed by atoms with E-state index in [-0.39, 0.29) is 17.0 Å². The van der Waals surface area contributed by atoms with Crippen LogP contribution in [0.5, 0.6) is 0 Å². The first-order chi connectivity index (χ1) is 32.3. The molecule has 0 fully saturated rings. The zero-order chi connectivity index (χ0) is 44.8. The van der Waals surface area contributed by atoms with Gasteiger partial charge in [0.1, 0.15) is 0 Å². The van der Waals surface area contributed by atoms with Gasteiger partial charge in [-0.3, -0.25) is 0 Å². The molecule has 66 heavy (non-hydrogen) atoms. The minimum absolute atomic E-state index is 0.126. The quantitative estimate of drug-likeness (QED) is 0.153. The summed E-state index contributed by atoms with van der Waals surface area (Å²) < 4.78 is 49.1. The Morgan fingerprint density at radius 3 is 1.42 bits per heavy atom. The molecule has 3 aromatic heterocycles. The molecule has 316 valence electrons. The Kier molecular flexibility index (Phi) is 10.1. The van der Waals surface area contributed by atoms with Crippen molar-refractivity contribution in [2.75, 3.05) is 0 Å². The zero-order valence-corrected chi connectivity index (χ0v) is 35.6. The molecule has 0 bridgehead atoms. The van der Waals surface area contributed by atoms with E-state index in [1.807, 2.05) is 158 Å². The van der Waals surface area contributed by atoms with Crippen LogP contribution in [0.15, 0.2) is 212 Å². The molecule has 8 aromatic carbocycles. The van der Waals surface area contributed by atoms with Gasteiger partial charge >= 0.3 is 6.18 Å². The summed E-state index contributed by atoms with van der Waals surface area (Å²) in [5.41, 5.74) is 9.91. The Hall–Kier alpha value is -8.49. The van der Waals surface area contributed by atoms with Crippen LogP contribution in [-0.2, 0) is 6.18 Å². The molecule has 0 N–H and O–H groups in total. The lowest BCUT2D eigenvalue weighted by molar-refractivity contribution is -0.137. The van der Waals surface area contributed by atoms with Gasteiger partial charge < -0.3 is 4.57 Å². The molecule has 11 rings (SSSR count). The molecule has 0 atom stereocenters. The van der Waals surface area contributed by atoms with Gasteiger partial charge in [-0.1, -0.05) is 170 Å². The number of para-hydroxylation sites is 1. The van der Waals surface area contributed by atoms with Gasteiger partial charge in [-0.2, -0.15) is 13.2 Å². The highest BCUT2D eigenvalue weighted by Crippen LogP contribution is 2.46. The van der Waals surface area contributed by atoms with Gasteiger partial charge in [-0.15, -0.1) is 0 Å². The fraction of sp³-hybridized carbons (Fsp3) is 0.0345. The Morgan fingerprint density at radius 2 is 0.833 bits per heavy atom. The topological polar surface area (TPSA) is 56.5 Å². The summed E-state index contributed by atoms with van der Waals surface area (Å²) in [6.45, 7) is 2.09. The van der Waals surface area contributed by atoms with Crippen LogP contribution in [0.2, 0.25) is 0 Å². The predicted octanol–water partition coefficient (Wildman–Crippen LogP) is 15.4. The summed E-state index contributed by atoms with van der Waals surface area (Å²) in [6.07, 6.45) is -4.76. The number of fused-ring (bicyclic) bond motifs is 3. The van der Waals surface area contributed by atoms with Crippen LogP contribution in [0.4, 0.5) is 13.2 Å². The fourth-order valence-electron chi connectivity index (χ4n) is 8.82. The number of rotatable bonds is 8. The maximum Gasteiger partial charge on any atom is 0.416 e. The van der Waals surface area contributed by atoms with E-state index >= 15 is 13.2 Å². The highest BCUT2D eigenvalue weighted by molar-refractivity contribution is 6.11. The normalized spacial score (nSPS) is 11.6. The van der Waals surface area contributed by atoms with Crippen molar-refractivity contribution in [2.45, 2.75) is 13.1 Å². The van der Waals surface area contributed by atoms with Crippen molar-refractivity contribution in [3.8, 4) is 84.6 Å². The van der Waals surface area contributed by atoms with Crippen LogP contribution >= 0.6 is 0 Å². The van der Waals surface area contributed by atoms with Crippen molar-refractivity contribution in [1.29, 1.82) is 0 Å². The molecule has 0 aliphatic heterocycles. The molecular formula is C58H38F3N5. The molecule has 0 amide bonds. The summed E-state index contributed by atoms with van der Waals surface area (Å²) in [5, 5.41) is 1.87. The highest BCUT2D eigenvalue weighted by Gasteiger charge is 2.35. The second-order valence-electron chi connectivity index (χ2n) is 16.2. The Morgan fingerprint density at radius 1 is 0.364 bits per heavy atom. The van der Waals surface area contributed by atoms with E-state index < -0.39 is 11.7 Å². The van der Waals surface area contributed by atoms with Gasteiger partial charge in [0.05, 0.1) is 45.1 Å². The monoisotopic (exact) mass is 861 g/mol. The SMILES string of the molecule is Cc1ccccc1-c1ccc2c(c1)c1ccccc1n2-c1c(-c2cc(-c3ccccc3)nc(-c3ccccc3)n2)cc(C(F)(F)F)cc1-c1nc(-c2ccccc2)cc(-c2ccccc2)n1. The van der Waals surface area contributed by atoms with E-state index in [0.717, 1.165) is 60.8 Å². The third-order valence-corrected chi connectivity index (χ3v) is 12.0. The van der Waals surface area contributed by atoms with E-state index in [1.165, 1.54) is 12.1 Å². The van der Waals surface area contributed by atoms with E-state index in [4.69, 9.17) is 19.9 Å². The number of alkyl halides is 3. The highest BCUT2D eigenvalue weighted by atomic mass is 19.4. The lowest BCUT2D eigenvalue weighted by Crippen LogP contribution is -2.11. The minimum atomic E-state index is -4.76. The van der Waals surface area contributed by atoms with E-state index in [0.29, 0.717) is 34.3 Å². The molecular weight excluding hydrogens is 824 g/mol. The first kappa shape index (κ1) is 40.3. The van der Waals surface area contributed by atoms with Gasteiger partial charge in [-0.25, -0.2) is 19.9 Å². The summed E-state index contributed by atoms with van der Waals surface area (Å²) in [6, 6.07) is 67.0. The summed E-state index contributed by atoms with van der Waals surface area (Å²) in [7, 11) is 0. The van der Waals surface area contributed by atoms with Crippen molar-refractivity contribution in [3.05, 3.63) is 223 Å². The predicted molar refractivity (Wildman–Crippen MR) is 260 cm³/mol. The largest absolute Gasteiger partial charge is 0.416 e. The summed E-state index contributed by atoms with van der Waals surface area (Å²) in [5.74, 6) is 0.497. The standard InChI is InChI=1S/C58H38F3N5/c1-37-18-14-15-27-44(37)42-30-31-54-46(32-42)45-28-16-17-29-53(45)66(54)55-47(52-36-51(40-23-10-4-11-24-40)62-56(65-52)41-25-12-5-13-26-41)33-43(58(59,60)61)34-48(55)57-63-49(38-19-6-2-7-20-38)35-50(64-57)39-21-8-3-9-22-39/h2-36H,1H3. The lowest BCUT2D eigenvalue weighted by atomic mass is 9.96. The van der Waals surface area contributed by atoms with Gasteiger partial charge in [0.25, 0.3) is 0 Å². The maximum absolute atomic E-state index is 15.7. The van der Waals surface area contributed by atoms with Crippen LogP contribution in [0.1, 0.15) is 11.1 Å². The zero-order valence-electron chi connectivity index (χ0n) is 35.6. The van der Waals surface area contributed by atoms with Crippen molar-refractivity contribution < 1.29 is 13.2 Å². The average Bonchev–Trinajstić information content (AvgIpc) is 3.70. The number of hydrogen-bond acceptors (Lipinski definition) is 4. The molecule has 11 aromatic rings. The van der Waals surface area contributed by atoms with Crippen LogP contribution < -0.4 is 0 Å². The van der Waals surface area contributed by atoms with Crippen molar-refractivity contribution in [3.63, 3.8) is 0 Å². The minimum Gasteiger partial charge on any atom is -0.308 e. The van der Waals surface area contributed by atoms with Crippen LogP contribution in [0.3, 0.4) is 0 Å². The van der Waals surface area contributed by atoms with Crippen LogP contribution in [-0.4, -0.2) is 24.5 Å². The van der Waals surface area contributed by atoms with Crippen molar-refractivity contribution in [2.24, 2.45) is 0 Å². The van der Waals surface area contributed by atoms with Crippen molar-refractivity contribution in [1.82, 2.24) is 24.5 Å². The smallest absolute Gasteiger partial charge is 0.308 e. The number of aromatic nitrogens is 5. The Balaban J connectivity index is 1.30. The first-order valence-electron chi connectivity index (χ1n) is 21.6. The van der Waals surface area contributed by atoms with Gasteiger partial charge in [-0.05, 0) is 66.1 Å². The maximum atomic E-state index is 15.7. The van der Waals surface area contributed by atoms with Crippen molar-refractivity contribution >= 4 is 21.8 Å². The first-order valence-corrected chi connectivity index (χ1v) is 21.6. The summed E-state index contributed by atoms with van der Waals surface area (Å²) in [4.78, 5) is 20.5. The molecule has 5 nitrogen and oxygen atoms in total. The van der Waals surface area contributed by atoms with Gasteiger partial charge in [0, 0.05) is 44.2 Å². The van der Waals surface area contributed by atoms with Gasteiger partial charge in [0.15, 0.2) is 11.6 Å². The van der Waals surface area contributed by atoms with Crippen LogP contribution in [0, 0.1) is 6.92 Å². The molecule has 0 spiro atoms. The number of aryl methyl sites for hydroxylation is 1. The molecule has 0 saturated heterocycles. The fourth-order valence-corrected chi connectivity index (χ4v) is 8.82. The van der Waals surface area contributed by atoms with E-state index in [1.54, 1.807) is 6.07 Å². The number of halogens is 3. The molecule has 3 heterocycles. The Labute approximate surface area is 379 Å². The summed E-state index contributed by atoms with van der Waals surface area (Å²) >= 11 is 0. The van der Waals surface area contributed by atoms with Gasteiger partial charge in [0.2, 0.25) is 0 Å². The second-order valence-corrected chi connectivity index (χ2v) is 16.2. The number of benzene rings is 8. The van der Waals surface area contributed by atoms with E-state index in [2.05, 4.69) is 47.9 Å². The second kappa shape index (κ2) is 16.6. The Bertz CT molecular complexity index is 3310. The molecule has 0 aliphatic rings. The third-order valence-electron chi connectivity index (χ3n) is 12.0. The molecule has 0 aliphatic carbocycles. The molecule has 0 saturated carbocycles. The molecule has 0 radical (unpaired) electrons. The lowest BCUT2D eigenvalue weighted by Gasteiger charge is -2.22. The van der Waals surface area contributed by atoms with Crippen LogP contribution in [0.25, 0.3) is 106 Å². The van der Waals surface area contributed by atoms with E-state index in [9.17, 15) is 0 Å². The number of hydrogen-bond donors (Lipinski definition) is 0. The average molecular weight is 862 g/mol. The molecule has 8 heteroatoms.